The number of alkyl carbamates (subject to hydrolysis) is 1. The molecule has 6 rings (SSSR count). The van der Waals surface area contributed by atoms with Crippen molar-refractivity contribution in [2.45, 2.75) is 89.1 Å². The molecule has 2 aliphatic heterocycles. The first kappa shape index (κ1) is 33.5. The monoisotopic (exact) mass is 658 g/mol. The summed E-state index contributed by atoms with van der Waals surface area (Å²) < 4.78 is 23.5. The minimum Gasteiger partial charge on any atom is -0.497 e. The minimum atomic E-state index is -0.899. The molecule has 3 amide bonds. The van der Waals surface area contributed by atoms with Crippen LogP contribution in [0.25, 0.3) is 22.0 Å². The number of nitrogens with one attached hydrogen (secondary N) is 2. The van der Waals surface area contributed by atoms with Crippen molar-refractivity contribution in [1.29, 1.82) is 0 Å². The van der Waals surface area contributed by atoms with Gasteiger partial charge in [0.25, 0.3) is 0 Å². The number of rotatable bonds is 5. The Hall–Kier alpha value is -4.38. The van der Waals surface area contributed by atoms with Gasteiger partial charge in [0.05, 0.1) is 19.3 Å². The Morgan fingerprint density at radius 3 is 2.54 bits per heavy atom. The van der Waals surface area contributed by atoms with E-state index in [-0.39, 0.29) is 30.8 Å². The molecule has 1 aliphatic carbocycles. The normalized spacial score (nSPS) is 25.2. The molecule has 11 heteroatoms. The molecule has 2 N–H and O–H groups in total. The number of carbonyl (C=O) groups excluding carboxylic acids is 3. The molecule has 2 saturated heterocycles. The fourth-order valence-electron chi connectivity index (χ4n) is 6.58. The largest absolute Gasteiger partial charge is 0.497 e. The maximum Gasteiger partial charge on any atom is 0.408 e. The van der Waals surface area contributed by atoms with Gasteiger partial charge in [0.2, 0.25) is 17.7 Å². The van der Waals surface area contributed by atoms with Crippen molar-refractivity contribution in [2.75, 3.05) is 26.9 Å². The van der Waals surface area contributed by atoms with Crippen LogP contribution in [0.2, 0.25) is 0 Å². The van der Waals surface area contributed by atoms with E-state index in [0.29, 0.717) is 43.6 Å². The first-order chi connectivity index (χ1) is 23.1. The Labute approximate surface area is 281 Å². The highest BCUT2D eigenvalue weighted by molar-refractivity contribution is 5.93. The number of ether oxygens (including phenoxy) is 4. The number of methoxy groups -OCH3 is 1. The topological polar surface area (TPSA) is 128 Å². The van der Waals surface area contributed by atoms with E-state index in [4.69, 9.17) is 23.9 Å². The number of amides is 3. The Morgan fingerprint density at radius 2 is 1.79 bits per heavy atom. The van der Waals surface area contributed by atoms with E-state index in [1.807, 2.05) is 54.6 Å². The van der Waals surface area contributed by atoms with Crippen molar-refractivity contribution in [3.8, 4) is 22.9 Å². The van der Waals surface area contributed by atoms with Crippen molar-refractivity contribution in [3.05, 3.63) is 54.6 Å². The number of nitrogens with zero attached hydrogens (tertiary/aromatic N) is 2. The van der Waals surface area contributed by atoms with E-state index < -0.39 is 29.9 Å². The number of benzene rings is 2. The molecule has 1 aromatic heterocycles. The van der Waals surface area contributed by atoms with E-state index in [0.717, 1.165) is 41.3 Å². The summed E-state index contributed by atoms with van der Waals surface area (Å²) in [6, 6.07) is 16.0. The van der Waals surface area contributed by atoms with E-state index in [1.54, 1.807) is 32.8 Å². The molecule has 48 heavy (non-hydrogen) atoms. The second-order valence-electron chi connectivity index (χ2n) is 14.0. The fourth-order valence-corrected chi connectivity index (χ4v) is 6.58. The highest BCUT2D eigenvalue weighted by Gasteiger charge is 2.46. The van der Waals surface area contributed by atoms with Crippen LogP contribution in [0.15, 0.2) is 54.6 Å². The van der Waals surface area contributed by atoms with Gasteiger partial charge < -0.3 is 34.5 Å². The number of carbonyl (C=O) groups is 3. The molecule has 3 aromatic rings. The van der Waals surface area contributed by atoms with Crippen LogP contribution in [0.1, 0.15) is 59.3 Å². The average molecular weight is 659 g/mol. The summed E-state index contributed by atoms with van der Waals surface area (Å²) in [4.78, 5) is 47.4. The van der Waals surface area contributed by atoms with E-state index in [1.165, 1.54) is 0 Å². The lowest BCUT2D eigenvalue weighted by Gasteiger charge is -2.29. The summed E-state index contributed by atoms with van der Waals surface area (Å²) in [7, 11) is 1.63. The first-order valence-electron chi connectivity index (χ1n) is 17.0. The molecule has 3 aliphatic rings. The van der Waals surface area contributed by atoms with Crippen molar-refractivity contribution in [3.63, 3.8) is 0 Å². The van der Waals surface area contributed by atoms with Gasteiger partial charge in [0.1, 0.15) is 29.5 Å². The van der Waals surface area contributed by atoms with E-state index >= 15 is 0 Å². The number of fused-ring (bicyclic) bond motifs is 3. The number of hydrogen-bond acceptors (Lipinski definition) is 8. The van der Waals surface area contributed by atoms with Crippen molar-refractivity contribution < 1.29 is 33.3 Å². The summed E-state index contributed by atoms with van der Waals surface area (Å²) in [6.07, 6.45) is 2.79. The van der Waals surface area contributed by atoms with Gasteiger partial charge in [-0.05, 0) is 88.4 Å². The molecule has 0 radical (unpaired) electrons. The zero-order valence-corrected chi connectivity index (χ0v) is 28.2. The SMILES string of the molecule is COc1ccc2c(O[C@@H]3C[C@H]4C(=O)N[C@@H]5C[C@H]5CCCOCCC[C@H](NC(=O)OC(C)(C)C)C(=O)N4C3)nc(-c3ccccc3)cc2c1. The van der Waals surface area contributed by atoms with Crippen molar-refractivity contribution >= 4 is 28.7 Å². The van der Waals surface area contributed by atoms with Gasteiger partial charge in [0.15, 0.2) is 0 Å². The molecule has 11 nitrogen and oxygen atoms in total. The van der Waals surface area contributed by atoms with Crippen LogP contribution < -0.4 is 20.1 Å². The molecular weight excluding hydrogens is 612 g/mol. The molecular formula is C37H46N4O7. The third kappa shape index (κ3) is 8.18. The number of aromatic nitrogens is 1. The molecule has 0 spiro atoms. The summed E-state index contributed by atoms with van der Waals surface area (Å²) in [5, 5.41) is 7.66. The highest BCUT2D eigenvalue weighted by atomic mass is 16.6. The predicted octanol–water partition coefficient (Wildman–Crippen LogP) is 5.25. The average Bonchev–Trinajstić information content (AvgIpc) is 3.65. The van der Waals surface area contributed by atoms with Crippen LogP contribution in [0.3, 0.4) is 0 Å². The van der Waals surface area contributed by atoms with Crippen LogP contribution in [-0.4, -0.2) is 84.5 Å². The Bertz CT molecular complexity index is 1630. The predicted molar refractivity (Wildman–Crippen MR) is 181 cm³/mol. The zero-order valence-electron chi connectivity index (χ0n) is 28.2. The van der Waals surface area contributed by atoms with Gasteiger partial charge in [-0.25, -0.2) is 9.78 Å². The highest BCUT2D eigenvalue weighted by Crippen LogP contribution is 2.37. The van der Waals surface area contributed by atoms with Gasteiger partial charge >= 0.3 is 6.09 Å². The Morgan fingerprint density at radius 1 is 1.02 bits per heavy atom. The summed E-state index contributed by atoms with van der Waals surface area (Å²) in [5.41, 5.74) is 0.927. The second kappa shape index (κ2) is 14.4. The summed E-state index contributed by atoms with van der Waals surface area (Å²) in [5.74, 6) is 0.979. The fraction of sp³-hybridized carbons (Fsp3) is 0.514. The third-order valence-electron chi connectivity index (χ3n) is 9.08. The molecule has 3 fully saturated rings. The molecule has 0 bridgehead atoms. The smallest absolute Gasteiger partial charge is 0.408 e. The minimum absolute atomic E-state index is 0.0818. The van der Waals surface area contributed by atoms with Crippen LogP contribution in [0.4, 0.5) is 4.79 Å². The number of pyridine rings is 1. The van der Waals surface area contributed by atoms with E-state index in [9.17, 15) is 14.4 Å². The maximum atomic E-state index is 14.3. The summed E-state index contributed by atoms with van der Waals surface area (Å²) in [6.45, 7) is 6.57. The molecule has 3 heterocycles. The lowest BCUT2D eigenvalue weighted by atomic mass is 10.1. The van der Waals surface area contributed by atoms with Crippen molar-refractivity contribution in [1.82, 2.24) is 20.5 Å². The maximum absolute atomic E-state index is 14.3. The lowest BCUT2D eigenvalue weighted by Crippen LogP contribution is -2.54. The standard InChI is InChI=1S/C37H46N4O7/c1-37(2,3)48-36(44)40-29-13-9-17-46-16-8-12-24-19-31(24)38-33(42)32-21-27(22-41(32)35(29)43)47-34-28-15-14-26(45-4)18-25(28)20-30(39-34)23-10-6-5-7-11-23/h5-7,10-11,14-15,18,20,24,27,29,31-32H,8-9,12-13,16-17,19,21-22H2,1-4H3,(H,38,42)(H,40,44)/t24-,27-,29+,31-,32+/m1/s1. The van der Waals surface area contributed by atoms with Crippen LogP contribution in [0.5, 0.6) is 11.6 Å². The van der Waals surface area contributed by atoms with Crippen LogP contribution >= 0.6 is 0 Å². The van der Waals surface area contributed by atoms with Gasteiger partial charge in [-0.1, -0.05) is 30.3 Å². The number of hydrogen-bond donors (Lipinski definition) is 2. The molecule has 0 unspecified atom stereocenters. The molecule has 2 aromatic carbocycles. The van der Waals surface area contributed by atoms with Gasteiger partial charge in [-0.3, -0.25) is 9.59 Å². The zero-order chi connectivity index (χ0) is 33.8. The summed E-state index contributed by atoms with van der Waals surface area (Å²) >= 11 is 0. The quantitative estimate of drug-likeness (QED) is 0.381. The Kier molecular flexibility index (Phi) is 10.1. The molecule has 5 atom stereocenters. The first-order valence-corrected chi connectivity index (χ1v) is 17.0. The molecule has 256 valence electrons. The van der Waals surface area contributed by atoms with E-state index in [2.05, 4.69) is 10.6 Å². The van der Waals surface area contributed by atoms with Crippen molar-refractivity contribution in [2.24, 2.45) is 5.92 Å². The molecule has 1 saturated carbocycles. The van der Waals surface area contributed by atoms with Gasteiger partial charge in [0, 0.05) is 36.6 Å². The lowest BCUT2D eigenvalue weighted by molar-refractivity contribution is -0.140. The van der Waals surface area contributed by atoms with Crippen LogP contribution in [0, 0.1) is 5.92 Å². The van der Waals surface area contributed by atoms with Gasteiger partial charge in [-0.15, -0.1) is 0 Å². The Balaban J connectivity index is 1.30. The van der Waals surface area contributed by atoms with Gasteiger partial charge in [-0.2, -0.15) is 0 Å². The van der Waals surface area contributed by atoms with Crippen LogP contribution in [-0.2, 0) is 19.1 Å². The third-order valence-corrected chi connectivity index (χ3v) is 9.08. The second-order valence-corrected chi connectivity index (χ2v) is 14.0.